The van der Waals surface area contributed by atoms with Crippen LogP contribution in [-0.4, -0.2) is 47.9 Å². The molecule has 1 aliphatic carbocycles. The highest BCUT2D eigenvalue weighted by atomic mass is 32.2. The van der Waals surface area contributed by atoms with E-state index in [0.29, 0.717) is 23.2 Å². The Morgan fingerprint density at radius 3 is 2.83 bits per heavy atom. The van der Waals surface area contributed by atoms with Gasteiger partial charge in [-0.05, 0) is 42.3 Å². The summed E-state index contributed by atoms with van der Waals surface area (Å²) in [5, 5.41) is 12.0. The standard InChI is InChI=1S/C18H19N7O4S/c1-2-29-13-6-4-3-5-11(13)25-18(21-22-23-25)30-9-12(26)14-15(19)24(10-7-8-10)17(28)20-16(14)27/h3-6,10H,2,7-9,19H2,1H3,(H,20,27,28). The number of thioether (sulfide) groups is 1. The van der Waals surface area contributed by atoms with Crippen LogP contribution in [0.3, 0.4) is 0 Å². The predicted octanol–water partition coefficient (Wildman–Crippen LogP) is 0.803. The Balaban J connectivity index is 1.59. The molecule has 2 heterocycles. The molecule has 0 spiro atoms. The number of ether oxygens (including phenoxy) is 1. The second-order valence-corrected chi connectivity index (χ2v) is 7.55. The Kier molecular flexibility index (Phi) is 5.40. The van der Waals surface area contributed by atoms with E-state index in [1.54, 1.807) is 12.1 Å². The molecule has 0 bridgehead atoms. The third-order valence-electron chi connectivity index (χ3n) is 4.54. The average Bonchev–Trinajstić information content (AvgIpc) is 3.43. The first-order valence-electron chi connectivity index (χ1n) is 9.32. The number of anilines is 1. The molecule has 156 valence electrons. The number of rotatable bonds is 8. The van der Waals surface area contributed by atoms with Crippen LogP contribution >= 0.6 is 11.8 Å². The van der Waals surface area contributed by atoms with Crippen LogP contribution in [0.4, 0.5) is 5.82 Å². The molecule has 11 nitrogen and oxygen atoms in total. The number of nitrogen functional groups attached to an aromatic ring is 1. The number of aromatic nitrogens is 6. The van der Waals surface area contributed by atoms with E-state index in [4.69, 9.17) is 10.5 Å². The van der Waals surface area contributed by atoms with E-state index >= 15 is 0 Å². The molecule has 30 heavy (non-hydrogen) atoms. The average molecular weight is 429 g/mol. The van der Waals surface area contributed by atoms with Crippen LogP contribution in [0, 0.1) is 0 Å². The maximum atomic E-state index is 12.8. The Hall–Kier alpha value is -3.41. The smallest absolute Gasteiger partial charge is 0.330 e. The molecule has 3 aromatic rings. The molecular formula is C18H19N7O4S. The first-order valence-corrected chi connectivity index (χ1v) is 10.3. The van der Waals surface area contributed by atoms with Gasteiger partial charge in [0.05, 0.1) is 12.4 Å². The lowest BCUT2D eigenvalue weighted by Gasteiger charge is -2.11. The molecule has 3 N–H and O–H groups in total. The minimum atomic E-state index is -0.790. The van der Waals surface area contributed by atoms with Gasteiger partial charge in [0.25, 0.3) is 5.56 Å². The van der Waals surface area contributed by atoms with Crippen molar-refractivity contribution in [1.29, 1.82) is 0 Å². The van der Waals surface area contributed by atoms with Gasteiger partial charge in [0.1, 0.15) is 22.8 Å². The number of H-pyrrole nitrogens is 1. The number of Topliss-reactive ketones (excluding diaryl/α,β-unsaturated/α-hetero) is 1. The summed E-state index contributed by atoms with van der Waals surface area (Å²) >= 11 is 1.06. The number of tetrazole rings is 1. The Labute approximate surface area is 174 Å². The van der Waals surface area contributed by atoms with E-state index in [9.17, 15) is 14.4 Å². The molecule has 0 amide bonds. The zero-order valence-corrected chi connectivity index (χ0v) is 16.9. The molecule has 4 rings (SSSR count). The number of carbonyl (C=O) groups excluding carboxylic acids is 1. The summed E-state index contributed by atoms with van der Waals surface area (Å²) in [6.45, 7) is 2.34. The number of aromatic amines is 1. The summed E-state index contributed by atoms with van der Waals surface area (Å²) < 4.78 is 8.35. The van der Waals surface area contributed by atoms with Crippen LogP contribution in [0.2, 0.25) is 0 Å². The summed E-state index contributed by atoms with van der Waals surface area (Å²) in [7, 11) is 0. The van der Waals surface area contributed by atoms with Crippen molar-refractivity contribution in [3.63, 3.8) is 0 Å². The lowest BCUT2D eigenvalue weighted by atomic mass is 10.2. The topological polar surface area (TPSA) is 151 Å². The molecule has 1 aromatic carbocycles. The van der Waals surface area contributed by atoms with E-state index < -0.39 is 17.0 Å². The first-order chi connectivity index (χ1) is 14.5. The van der Waals surface area contributed by atoms with E-state index in [1.807, 2.05) is 19.1 Å². The van der Waals surface area contributed by atoms with Crippen molar-refractivity contribution in [2.45, 2.75) is 31.0 Å². The lowest BCUT2D eigenvalue weighted by molar-refractivity contribution is 0.102. The van der Waals surface area contributed by atoms with Crippen LogP contribution in [0.5, 0.6) is 5.75 Å². The van der Waals surface area contributed by atoms with Crippen molar-refractivity contribution >= 4 is 23.4 Å². The summed E-state index contributed by atoms with van der Waals surface area (Å²) in [5.74, 6) is -0.149. The Morgan fingerprint density at radius 1 is 1.33 bits per heavy atom. The van der Waals surface area contributed by atoms with Crippen molar-refractivity contribution in [3.8, 4) is 11.4 Å². The molecule has 0 radical (unpaired) electrons. The molecule has 12 heteroatoms. The van der Waals surface area contributed by atoms with Gasteiger partial charge in [-0.2, -0.15) is 4.68 Å². The van der Waals surface area contributed by atoms with Crippen LogP contribution in [0.1, 0.15) is 36.2 Å². The highest BCUT2D eigenvalue weighted by Crippen LogP contribution is 2.35. The number of para-hydroxylation sites is 2. The van der Waals surface area contributed by atoms with Gasteiger partial charge < -0.3 is 10.5 Å². The Bertz CT molecular complexity index is 1210. The second kappa shape index (κ2) is 8.14. The number of carbonyl (C=O) groups is 1. The Morgan fingerprint density at radius 2 is 2.10 bits per heavy atom. The number of nitrogens with zero attached hydrogens (tertiary/aromatic N) is 5. The third-order valence-corrected chi connectivity index (χ3v) is 5.46. The van der Waals surface area contributed by atoms with Gasteiger partial charge in [-0.15, -0.1) is 5.10 Å². The van der Waals surface area contributed by atoms with Gasteiger partial charge in [-0.1, -0.05) is 23.9 Å². The highest BCUT2D eigenvalue weighted by Gasteiger charge is 2.30. The van der Waals surface area contributed by atoms with Crippen LogP contribution in [-0.2, 0) is 0 Å². The van der Waals surface area contributed by atoms with Crippen molar-refractivity contribution in [1.82, 2.24) is 29.8 Å². The van der Waals surface area contributed by atoms with Crippen LogP contribution < -0.4 is 21.7 Å². The zero-order valence-electron chi connectivity index (χ0n) is 16.1. The van der Waals surface area contributed by atoms with Crippen molar-refractivity contribution in [2.24, 2.45) is 0 Å². The zero-order chi connectivity index (χ0) is 21.3. The SMILES string of the molecule is CCOc1ccccc1-n1nnnc1SCC(=O)c1c(N)n(C2CC2)c(=O)[nH]c1=O. The normalized spacial score (nSPS) is 13.4. The molecular weight excluding hydrogens is 410 g/mol. The second-order valence-electron chi connectivity index (χ2n) is 6.61. The molecule has 1 saturated carbocycles. The van der Waals surface area contributed by atoms with Crippen LogP contribution in [0.15, 0.2) is 39.0 Å². The van der Waals surface area contributed by atoms with E-state index in [2.05, 4.69) is 20.5 Å². The van der Waals surface area contributed by atoms with Gasteiger partial charge in [0.15, 0.2) is 5.78 Å². The monoisotopic (exact) mass is 429 g/mol. The number of hydrogen-bond acceptors (Lipinski definition) is 9. The number of nitrogens with two attached hydrogens (primary N) is 1. The van der Waals surface area contributed by atoms with Gasteiger partial charge in [-0.25, -0.2) is 4.79 Å². The van der Waals surface area contributed by atoms with E-state index in [-0.39, 0.29) is 23.2 Å². The number of benzene rings is 1. The van der Waals surface area contributed by atoms with E-state index in [0.717, 1.165) is 24.6 Å². The summed E-state index contributed by atoms with van der Waals surface area (Å²) in [4.78, 5) is 39.2. The van der Waals surface area contributed by atoms with Gasteiger partial charge in [0.2, 0.25) is 5.16 Å². The number of hydrogen-bond donors (Lipinski definition) is 2. The molecule has 0 atom stereocenters. The number of nitrogens with one attached hydrogen (secondary N) is 1. The largest absolute Gasteiger partial charge is 0.492 e. The summed E-state index contributed by atoms with van der Waals surface area (Å²) in [5.41, 5.74) is 5.02. The lowest BCUT2D eigenvalue weighted by Crippen LogP contribution is -2.36. The fraction of sp³-hybridized carbons (Fsp3) is 0.333. The van der Waals surface area contributed by atoms with Crippen molar-refractivity contribution < 1.29 is 9.53 Å². The minimum Gasteiger partial charge on any atom is -0.492 e. The fourth-order valence-corrected chi connectivity index (χ4v) is 3.82. The molecule has 0 unspecified atom stereocenters. The maximum absolute atomic E-state index is 12.8. The maximum Gasteiger partial charge on any atom is 0.330 e. The third kappa shape index (κ3) is 3.73. The summed E-state index contributed by atoms with van der Waals surface area (Å²) in [6.07, 6.45) is 1.57. The number of ketones is 1. The highest BCUT2D eigenvalue weighted by molar-refractivity contribution is 7.99. The van der Waals surface area contributed by atoms with Gasteiger partial charge in [0, 0.05) is 6.04 Å². The fourth-order valence-electron chi connectivity index (χ4n) is 3.06. The van der Waals surface area contributed by atoms with Crippen molar-refractivity contribution in [3.05, 3.63) is 50.7 Å². The van der Waals surface area contributed by atoms with E-state index in [1.165, 1.54) is 9.25 Å². The first kappa shape index (κ1) is 19.9. The van der Waals surface area contributed by atoms with Crippen molar-refractivity contribution in [2.75, 3.05) is 18.1 Å². The molecule has 0 saturated heterocycles. The predicted molar refractivity (Wildman–Crippen MR) is 109 cm³/mol. The molecule has 0 aliphatic heterocycles. The summed E-state index contributed by atoms with van der Waals surface area (Å²) in [6, 6.07) is 7.17. The molecule has 1 aliphatic rings. The molecule has 2 aromatic heterocycles. The minimum absolute atomic E-state index is 0.0732. The van der Waals surface area contributed by atoms with Gasteiger partial charge >= 0.3 is 5.69 Å². The molecule has 1 fully saturated rings. The van der Waals surface area contributed by atoms with Crippen LogP contribution in [0.25, 0.3) is 5.69 Å². The van der Waals surface area contributed by atoms with Gasteiger partial charge in [-0.3, -0.25) is 19.1 Å². The quantitative estimate of drug-likeness (QED) is 0.391.